The molecule has 0 radical (unpaired) electrons. The lowest BCUT2D eigenvalue weighted by atomic mass is 10.1. The van der Waals surface area contributed by atoms with E-state index in [0.29, 0.717) is 39.6 Å². The van der Waals surface area contributed by atoms with Crippen LogP contribution in [0.5, 0.6) is 5.75 Å². The molecule has 158 valence electrons. The molecule has 2 heterocycles. The van der Waals surface area contributed by atoms with Crippen LogP contribution in [0.15, 0.2) is 70.8 Å². The Morgan fingerprint density at radius 3 is 2.61 bits per heavy atom. The maximum atomic E-state index is 13.6. The minimum absolute atomic E-state index is 0.116. The van der Waals surface area contributed by atoms with Crippen molar-refractivity contribution in [2.24, 2.45) is 0 Å². The zero-order valence-electron chi connectivity index (χ0n) is 17.6. The maximum absolute atomic E-state index is 13.6. The Kier molecular flexibility index (Phi) is 5.86. The number of para-hydroxylation sites is 3. The number of rotatable bonds is 6. The van der Waals surface area contributed by atoms with E-state index >= 15 is 0 Å². The molecule has 0 aliphatic rings. The molecule has 31 heavy (non-hydrogen) atoms. The molecule has 0 spiro atoms. The number of hydrogen-bond donors (Lipinski definition) is 0. The van der Waals surface area contributed by atoms with Gasteiger partial charge in [0.1, 0.15) is 11.6 Å². The predicted molar refractivity (Wildman–Crippen MR) is 123 cm³/mol. The minimum atomic E-state index is -0.457. The summed E-state index contributed by atoms with van der Waals surface area (Å²) in [5.41, 5.74) is 1.000. The number of ether oxygens (including phenoxy) is 1. The molecule has 0 saturated heterocycles. The van der Waals surface area contributed by atoms with Gasteiger partial charge in [-0.15, -0.1) is 11.3 Å². The Labute approximate surface area is 184 Å². The van der Waals surface area contributed by atoms with Gasteiger partial charge in [-0.05, 0) is 49.6 Å². The Balaban J connectivity index is 1.93. The molecule has 0 fully saturated rings. The summed E-state index contributed by atoms with van der Waals surface area (Å²) in [6.07, 6.45) is 0. The van der Waals surface area contributed by atoms with Crippen molar-refractivity contribution < 1.29 is 9.53 Å². The van der Waals surface area contributed by atoms with Gasteiger partial charge in [0.25, 0.3) is 11.5 Å². The highest BCUT2D eigenvalue weighted by atomic mass is 32.1. The molecule has 1 atom stereocenters. The summed E-state index contributed by atoms with van der Waals surface area (Å²) in [5, 5.41) is 2.38. The summed E-state index contributed by atoms with van der Waals surface area (Å²) in [6, 6.07) is 17.8. The third kappa shape index (κ3) is 3.84. The van der Waals surface area contributed by atoms with Crippen molar-refractivity contribution in [3.8, 4) is 11.4 Å². The van der Waals surface area contributed by atoms with Gasteiger partial charge in [0.2, 0.25) is 0 Å². The van der Waals surface area contributed by atoms with E-state index in [4.69, 9.17) is 9.72 Å². The molecule has 0 aliphatic heterocycles. The summed E-state index contributed by atoms with van der Waals surface area (Å²) in [6.45, 7) is 4.24. The monoisotopic (exact) mass is 433 g/mol. The first-order valence-corrected chi connectivity index (χ1v) is 11.0. The van der Waals surface area contributed by atoms with Gasteiger partial charge in [0.05, 0.1) is 34.1 Å². The second-order valence-electron chi connectivity index (χ2n) is 7.10. The maximum Gasteiger partial charge on any atom is 0.266 e. The van der Waals surface area contributed by atoms with Crippen molar-refractivity contribution in [2.75, 3.05) is 13.7 Å². The van der Waals surface area contributed by atoms with Crippen LogP contribution in [0.4, 0.5) is 0 Å². The van der Waals surface area contributed by atoms with Gasteiger partial charge in [-0.1, -0.05) is 30.3 Å². The van der Waals surface area contributed by atoms with Crippen molar-refractivity contribution in [2.45, 2.75) is 19.9 Å². The topological polar surface area (TPSA) is 64.4 Å². The van der Waals surface area contributed by atoms with Gasteiger partial charge in [-0.25, -0.2) is 4.98 Å². The zero-order valence-corrected chi connectivity index (χ0v) is 18.4. The van der Waals surface area contributed by atoms with Gasteiger partial charge < -0.3 is 9.64 Å². The number of carbonyl (C=O) groups is 1. The van der Waals surface area contributed by atoms with Gasteiger partial charge in [-0.3, -0.25) is 14.2 Å². The molecule has 0 N–H and O–H groups in total. The minimum Gasteiger partial charge on any atom is -0.492 e. The third-order valence-corrected chi connectivity index (χ3v) is 6.07. The molecule has 1 amide bonds. The number of carbonyl (C=O) groups excluding carboxylic acids is 1. The van der Waals surface area contributed by atoms with Crippen molar-refractivity contribution in [3.05, 3.63) is 87.1 Å². The van der Waals surface area contributed by atoms with Crippen molar-refractivity contribution in [3.63, 3.8) is 0 Å². The average molecular weight is 434 g/mol. The lowest BCUT2D eigenvalue weighted by molar-refractivity contribution is 0.0740. The summed E-state index contributed by atoms with van der Waals surface area (Å²) in [5.74, 6) is 0.947. The van der Waals surface area contributed by atoms with Crippen LogP contribution < -0.4 is 10.3 Å². The number of fused-ring (bicyclic) bond motifs is 1. The quantitative estimate of drug-likeness (QED) is 0.443. The first-order chi connectivity index (χ1) is 15.0. The van der Waals surface area contributed by atoms with Crippen LogP contribution >= 0.6 is 11.3 Å². The van der Waals surface area contributed by atoms with Crippen LogP contribution in [-0.2, 0) is 0 Å². The van der Waals surface area contributed by atoms with Crippen LogP contribution in [0.2, 0.25) is 0 Å². The fourth-order valence-electron chi connectivity index (χ4n) is 3.51. The van der Waals surface area contributed by atoms with Crippen molar-refractivity contribution in [1.29, 1.82) is 0 Å². The van der Waals surface area contributed by atoms with E-state index in [9.17, 15) is 9.59 Å². The van der Waals surface area contributed by atoms with E-state index in [1.807, 2.05) is 67.8 Å². The summed E-state index contributed by atoms with van der Waals surface area (Å²) in [4.78, 5) is 33.6. The van der Waals surface area contributed by atoms with Gasteiger partial charge >= 0.3 is 0 Å². The molecule has 2 aromatic carbocycles. The number of hydrogen-bond acceptors (Lipinski definition) is 5. The lowest BCUT2D eigenvalue weighted by Crippen LogP contribution is -2.34. The molecule has 0 bridgehead atoms. The normalized spacial score (nSPS) is 12.0. The predicted octanol–water partition coefficient (Wildman–Crippen LogP) is 4.68. The Hall–Kier alpha value is -3.45. The molecule has 1 unspecified atom stereocenters. The summed E-state index contributed by atoms with van der Waals surface area (Å²) < 4.78 is 7.36. The number of nitrogens with zero attached hydrogens (tertiary/aromatic N) is 3. The summed E-state index contributed by atoms with van der Waals surface area (Å²) >= 11 is 1.39. The van der Waals surface area contributed by atoms with Crippen LogP contribution in [0.3, 0.4) is 0 Å². The highest BCUT2D eigenvalue weighted by Crippen LogP contribution is 2.28. The van der Waals surface area contributed by atoms with E-state index in [1.54, 1.807) is 28.6 Å². The van der Waals surface area contributed by atoms with E-state index in [0.717, 1.165) is 0 Å². The molecule has 4 aromatic rings. The van der Waals surface area contributed by atoms with Crippen LogP contribution in [-0.4, -0.2) is 34.0 Å². The lowest BCUT2D eigenvalue weighted by Gasteiger charge is -2.27. The van der Waals surface area contributed by atoms with Crippen LogP contribution in [0.25, 0.3) is 16.6 Å². The van der Waals surface area contributed by atoms with Crippen molar-refractivity contribution in [1.82, 2.24) is 14.5 Å². The average Bonchev–Trinajstić information content (AvgIpc) is 3.33. The summed E-state index contributed by atoms with van der Waals surface area (Å²) in [7, 11) is 1.73. The zero-order chi connectivity index (χ0) is 22.0. The standard InChI is InChI=1S/C24H23N3O3S/c1-4-30-20-13-8-7-12-19(20)27-22(25-18-11-6-5-10-17(18)23(27)28)16(2)26(3)24(29)21-14-9-15-31-21/h5-16H,4H2,1-3H3. The first-order valence-electron chi connectivity index (χ1n) is 10.1. The van der Waals surface area contributed by atoms with Crippen molar-refractivity contribution >= 4 is 28.1 Å². The second-order valence-corrected chi connectivity index (χ2v) is 8.05. The van der Waals surface area contributed by atoms with E-state index < -0.39 is 6.04 Å². The number of amides is 1. The molecular weight excluding hydrogens is 410 g/mol. The largest absolute Gasteiger partial charge is 0.492 e. The molecule has 6 nitrogen and oxygen atoms in total. The van der Waals surface area contributed by atoms with Gasteiger partial charge in [0.15, 0.2) is 0 Å². The first kappa shape index (κ1) is 20.8. The number of benzene rings is 2. The SMILES string of the molecule is CCOc1ccccc1-n1c(C(C)N(C)C(=O)c2cccs2)nc2ccccc2c1=O. The molecule has 2 aromatic heterocycles. The smallest absolute Gasteiger partial charge is 0.266 e. The molecule has 0 aliphatic carbocycles. The third-order valence-electron chi connectivity index (χ3n) is 5.21. The Morgan fingerprint density at radius 1 is 1.13 bits per heavy atom. The van der Waals surface area contributed by atoms with Gasteiger partial charge in [-0.2, -0.15) is 0 Å². The second kappa shape index (κ2) is 8.73. The number of aromatic nitrogens is 2. The van der Waals surface area contributed by atoms with E-state index in [2.05, 4.69) is 0 Å². The number of thiophene rings is 1. The van der Waals surface area contributed by atoms with E-state index in [-0.39, 0.29) is 11.5 Å². The van der Waals surface area contributed by atoms with Crippen LogP contribution in [0, 0.1) is 0 Å². The van der Waals surface area contributed by atoms with Gasteiger partial charge in [0, 0.05) is 7.05 Å². The fraction of sp³-hybridized carbons (Fsp3) is 0.208. The molecule has 4 rings (SSSR count). The fourth-order valence-corrected chi connectivity index (χ4v) is 4.21. The highest BCUT2D eigenvalue weighted by Gasteiger charge is 2.26. The molecular formula is C24H23N3O3S. The molecule has 0 saturated carbocycles. The van der Waals surface area contributed by atoms with Crippen LogP contribution in [0.1, 0.15) is 35.4 Å². The van der Waals surface area contributed by atoms with E-state index in [1.165, 1.54) is 11.3 Å². The Morgan fingerprint density at radius 2 is 1.87 bits per heavy atom. The molecule has 7 heteroatoms. The highest BCUT2D eigenvalue weighted by molar-refractivity contribution is 7.12. The Bertz CT molecular complexity index is 1280.